The lowest BCUT2D eigenvalue weighted by Gasteiger charge is -2.12. The molecule has 0 aliphatic rings. The van der Waals surface area contributed by atoms with Gasteiger partial charge in [-0.3, -0.25) is 19.6 Å². The van der Waals surface area contributed by atoms with Crippen LogP contribution < -0.4 is 5.32 Å². The Bertz CT molecular complexity index is 826. The van der Waals surface area contributed by atoms with Gasteiger partial charge in [0, 0.05) is 4.88 Å². The number of anilines is 1. The lowest BCUT2D eigenvalue weighted by atomic mass is 10.1. The number of nitrogens with one attached hydrogen (secondary N) is 1. The summed E-state index contributed by atoms with van der Waals surface area (Å²) in [5.74, 6) is -0.938. The van der Waals surface area contributed by atoms with E-state index in [-0.39, 0.29) is 12.3 Å². The molecule has 1 atom stereocenters. The molecule has 2 aromatic rings. The molecule has 1 N–H and O–H groups in total. The summed E-state index contributed by atoms with van der Waals surface area (Å²) in [6, 6.07) is -0.786. The van der Waals surface area contributed by atoms with Gasteiger partial charge in [-0.2, -0.15) is 5.10 Å². The summed E-state index contributed by atoms with van der Waals surface area (Å²) in [7, 11) is 0. The van der Waals surface area contributed by atoms with E-state index in [1.165, 1.54) is 22.2 Å². The average molecular weight is 366 g/mol. The lowest BCUT2D eigenvalue weighted by Crippen LogP contribution is -2.24. The van der Waals surface area contributed by atoms with E-state index < -0.39 is 22.8 Å². The molecule has 0 unspecified atom stereocenters. The Morgan fingerprint density at radius 2 is 2.16 bits per heavy atom. The second-order valence-corrected chi connectivity index (χ2v) is 6.53. The maximum absolute atomic E-state index is 12.5. The summed E-state index contributed by atoms with van der Waals surface area (Å²) in [5, 5.41) is 17.6. The molecule has 0 fully saturated rings. The van der Waals surface area contributed by atoms with Crippen molar-refractivity contribution in [2.75, 3.05) is 11.9 Å². The van der Waals surface area contributed by atoms with Crippen molar-refractivity contribution in [3.8, 4) is 0 Å². The maximum atomic E-state index is 12.5. The van der Waals surface area contributed by atoms with Crippen molar-refractivity contribution >= 4 is 33.9 Å². The fraction of sp³-hybridized carbons (Fsp3) is 0.400. The third kappa shape index (κ3) is 3.85. The van der Waals surface area contributed by atoms with Gasteiger partial charge >= 0.3 is 11.7 Å². The molecule has 0 radical (unpaired) electrons. The number of carbonyl (C=O) groups is 2. The molecule has 25 heavy (non-hydrogen) atoms. The van der Waals surface area contributed by atoms with Crippen LogP contribution in [0.4, 0.5) is 10.7 Å². The van der Waals surface area contributed by atoms with Gasteiger partial charge in [-0.1, -0.05) is 0 Å². The summed E-state index contributed by atoms with van der Waals surface area (Å²) in [5.41, 5.74) is 0.882. The second kappa shape index (κ2) is 7.43. The number of aromatic nitrogens is 2. The van der Waals surface area contributed by atoms with E-state index in [9.17, 15) is 19.7 Å². The Kier molecular flexibility index (Phi) is 5.52. The fourth-order valence-corrected chi connectivity index (χ4v) is 3.19. The molecule has 0 aliphatic carbocycles. The van der Waals surface area contributed by atoms with Crippen molar-refractivity contribution < 1.29 is 19.2 Å². The molecule has 2 heterocycles. The fourth-order valence-electron chi connectivity index (χ4n) is 2.13. The first-order valence-corrected chi connectivity index (χ1v) is 8.34. The number of aryl methyl sites for hydroxylation is 1. The number of nitro groups is 1. The molecule has 2 rings (SSSR count). The number of nitrogens with zero attached hydrogens (tertiary/aromatic N) is 3. The largest absolute Gasteiger partial charge is 0.462 e. The zero-order chi connectivity index (χ0) is 18.7. The second-order valence-electron chi connectivity index (χ2n) is 5.31. The smallest absolute Gasteiger partial charge is 0.341 e. The molecule has 0 saturated carbocycles. The Morgan fingerprint density at radius 3 is 2.72 bits per heavy atom. The first-order chi connectivity index (χ1) is 11.8. The molecule has 9 nitrogen and oxygen atoms in total. The number of thiophene rings is 1. The standard InChI is InChI=1S/C15H18N4O5S/c1-5-24-15(21)12-8(2)10(4)25-14(12)17-13(20)9(3)18-7-11(6-16-18)19(22)23/h6-7,9H,5H2,1-4H3,(H,17,20)/t9-/m1/s1. The van der Waals surface area contributed by atoms with Gasteiger partial charge < -0.3 is 10.1 Å². The van der Waals surface area contributed by atoms with Crippen LogP contribution in [0.3, 0.4) is 0 Å². The predicted molar refractivity (Wildman–Crippen MR) is 92.0 cm³/mol. The highest BCUT2D eigenvalue weighted by atomic mass is 32.1. The first-order valence-electron chi connectivity index (χ1n) is 7.52. The first kappa shape index (κ1) is 18.6. The summed E-state index contributed by atoms with van der Waals surface area (Å²) >= 11 is 1.28. The molecule has 10 heteroatoms. The molecule has 0 bridgehead atoms. The van der Waals surface area contributed by atoms with Crippen LogP contribution in [0.25, 0.3) is 0 Å². The van der Waals surface area contributed by atoms with E-state index in [2.05, 4.69) is 10.4 Å². The highest BCUT2D eigenvalue weighted by Crippen LogP contribution is 2.33. The zero-order valence-corrected chi connectivity index (χ0v) is 15.0. The van der Waals surface area contributed by atoms with Crippen molar-refractivity contribution in [3.63, 3.8) is 0 Å². The number of hydrogen-bond donors (Lipinski definition) is 1. The summed E-state index contributed by atoms with van der Waals surface area (Å²) in [6.07, 6.45) is 2.26. The van der Waals surface area contributed by atoms with Crippen molar-refractivity contribution in [3.05, 3.63) is 38.5 Å². The SMILES string of the molecule is CCOC(=O)c1c(NC(=O)[C@@H](C)n2cc([N+](=O)[O-])cn2)sc(C)c1C. The molecule has 0 aromatic carbocycles. The van der Waals surface area contributed by atoms with Gasteiger partial charge in [0.1, 0.15) is 23.4 Å². The summed E-state index contributed by atoms with van der Waals surface area (Å²) in [4.78, 5) is 35.6. The van der Waals surface area contributed by atoms with Gasteiger partial charge in [-0.15, -0.1) is 11.3 Å². The van der Waals surface area contributed by atoms with Gasteiger partial charge in [-0.25, -0.2) is 4.79 Å². The lowest BCUT2D eigenvalue weighted by molar-refractivity contribution is -0.385. The van der Waals surface area contributed by atoms with E-state index in [0.29, 0.717) is 10.6 Å². The van der Waals surface area contributed by atoms with E-state index in [4.69, 9.17) is 4.74 Å². The number of hydrogen-bond acceptors (Lipinski definition) is 7. The number of ether oxygens (including phenoxy) is 1. The minimum atomic E-state index is -0.786. The van der Waals surface area contributed by atoms with Gasteiger partial charge in [0.2, 0.25) is 5.91 Å². The molecule has 0 saturated heterocycles. The third-order valence-corrected chi connectivity index (χ3v) is 4.80. The summed E-state index contributed by atoms with van der Waals surface area (Å²) < 4.78 is 6.24. The van der Waals surface area contributed by atoms with Crippen molar-refractivity contribution in [2.45, 2.75) is 33.7 Å². The number of carbonyl (C=O) groups excluding carboxylic acids is 2. The minimum absolute atomic E-state index is 0.199. The topological polar surface area (TPSA) is 116 Å². The molecule has 0 spiro atoms. The molecular formula is C15H18N4O5S. The van der Waals surface area contributed by atoms with Gasteiger partial charge in [-0.05, 0) is 33.3 Å². The van der Waals surface area contributed by atoms with Crippen LogP contribution >= 0.6 is 11.3 Å². The predicted octanol–water partition coefficient (Wildman–Crippen LogP) is 2.85. The van der Waals surface area contributed by atoms with Gasteiger partial charge in [0.25, 0.3) is 0 Å². The minimum Gasteiger partial charge on any atom is -0.462 e. The Labute approximate surface area is 147 Å². The Morgan fingerprint density at radius 1 is 1.48 bits per heavy atom. The van der Waals surface area contributed by atoms with Crippen molar-refractivity contribution in [1.29, 1.82) is 0 Å². The van der Waals surface area contributed by atoms with Crippen molar-refractivity contribution in [1.82, 2.24) is 9.78 Å². The van der Waals surface area contributed by atoms with E-state index >= 15 is 0 Å². The van der Waals surface area contributed by atoms with Crippen LogP contribution in [0.2, 0.25) is 0 Å². The van der Waals surface area contributed by atoms with Gasteiger partial charge in [0.15, 0.2) is 0 Å². The van der Waals surface area contributed by atoms with E-state index in [1.54, 1.807) is 20.8 Å². The normalized spacial score (nSPS) is 11.8. The Balaban J connectivity index is 2.23. The Hall–Kier alpha value is -2.75. The number of rotatable bonds is 6. The molecular weight excluding hydrogens is 348 g/mol. The molecule has 0 aliphatic heterocycles. The number of amides is 1. The van der Waals surface area contributed by atoms with Crippen LogP contribution in [0.15, 0.2) is 12.4 Å². The van der Waals surface area contributed by atoms with Crippen LogP contribution in [0.5, 0.6) is 0 Å². The van der Waals surface area contributed by atoms with Crippen LogP contribution in [0.1, 0.15) is 40.7 Å². The highest BCUT2D eigenvalue weighted by Gasteiger charge is 2.25. The van der Waals surface area contributed by atoms with E-state index in [1.807, 2.05) is 6.92 Å². The third-order valence-electron chi connectivity index (χ3n) is 3.68. The van der Waals surface area contributed by atoms with Crippen LogP contribution in [-0.4, -0.2) is 33.2 Å². The summed E-state index contributed by atoms with van der Waals surface area (Å²) in [6.45, 7) is 7.13. The molecule has 2 aromatic heterocycles. The molecule has 134 valence electrons. The number of esters is 1. The zero-order valence-electron chi connectivity index (χ0n) is 14.2. The monoisotopic (exact) mass is 366 g/mol. The van der Waals surface area contributed by atoms with Crippen LogP contribution in [0, 0.1) is 24.0 Å². The van der Waals surface area contributed by atoms with Gasteiger partial charge in [0.05, 0.1) is 17.1 Å². The highest BCUT2D eigenvalue weighted by molar-refractivity contribution is 7.16. The molecule has 1 amide bonds. The van der Waals surface area contributed by atoms with E-state index in [0.717, 1.165) is 16.6 Å². The maximum Gasteiger partial charge on any atom is 0.341 e. The van der Waals surface area contributed by atoms with Crippen LogP contribution in [-0.2, 0) is 9.53 Å². The average Bonchev–Trinajstić information content (AvgIpc) is 3.13. The van der Waals surface area contributed by atoms with Crippen molar-refractivity contribution in [2.24, 2.45) is 0 Å². The quantitative estimate of drug-likeness (QED) is 0.477.